The van der Waals surface area contributed by atoms with E-state index in [-0.39, 0.29) is 51.4 Å². The summed E-state index contributed by atoms with van der Waals surface area (Å²) in [7, 11) is -3.67. The van der Waals surface area contributed by atoms with Gasteiger partial charge in [-0.25, -0.2) is 0 Å². The van der Waals surface area contributed by atoms with Crippen molar-refractivity contribution in [1.29, 1.82) is 0 Å². The summed E-state index contributed by atoms with van der Waals surface area (Å²) < 4.78 is 42.8. The molecular formula is C38H37BBrF3IKO2. The summed E-state index contributed by atoms with van der Waals surface area (Å²) in [6.07, 6.45) is 5.32. The number of hydrogen-bond acceptors (Lipinski definition) is 2. The molecule has 2 aliphatic rings. The summed E-state index contributed by atoms with van der Waals surface area (Å²) in [6.45, 7) is 1.48. The molecule has 2 aliphatic carbocycles. The van der Waals surface area contributed by atoms with Gasteiger partial charge in [-0.1, -0.05) is 149 Å². The first-order chi connectivity index (χ1) is 22.4. The topological polar surface area (TPSA) is 18.5 Å². The second kappa shape index (κ2) is 25.7. The smallest absolute Gasteiger partial charge is 0.408 e. The van der Waals surface area contributed by atoms with E-state index in [9.17, 15) is 12.9 Å². The Morgan fingerprint density at radius 2 is 1.02 bits per heavy atom. The van der Waals surface area contributed by atoms with Crippen molar-refractivity contribution in [3.05, 3.63) is 183 Å². The maximum absolute atomic E-state index is 9.67. The third kappa shape index (κ3) is 21.4. The predicted molar refractivity (Wildman–Crippen MR) is 195 cm³/mol. The minimum Gasteiger partial charge on any atom is -0.408 e. The van der Waals surface area contributed by atoms with Crippen LogP contribution in [0.15, 0.2) is 156 Å². The van der Waals surface area contributed by atoms with Gasteiger partial charge < -0.3 is 15.9 Å². The van der Waals surface area contributed by atoms with E-state index in [1.807, 2.05) is 72.8 Å². The maximum Gasteiger partial charge on any atom is 1.00 e. The van der Waals surface area contributed by atoms with Crippen LogP contribution in [0.2, 0.25) is 0 Å². The first-order valence-corrected chi connectivity index (χ1v) is 16.8. The van der Waals surface area contributed by atoms with E-state index in [0.29, 0.717) is 18.1 Å². The Labute approximate surface area is 342 Å². The van der Waals surface area contributed by atoms with E-state index in [2.05, 4.69) is 124 Å². The van der Waals surface area contributed by atoms with Crippen LogP contribution in [0.4, 0.5) is 12.9 Å². The van der Waals surface area contributed by atoms with Gasteiger partial charge in [-0.05, 0) is 70.0 Å². The van der Waals surface area contributed by atoms with Crippen LogP contribution in [-0.4, -0.2) is 19.8 Å². The fraction of sp³-hybridized carbons (Fsp3) is 0.184. The van der Waals surface area contributed by atoms with Gasteiger partial charge >= 0.3 is 58.9 Å². The SMILES string of the molecule is Brc1ccccc1.FB(F)F.Ic1ccccc1.[K+].c1ccc(CO[C@@H]2C[C@@H]2c2ccccc2)cc1.c1ccc(CO[C@H]2[CH-]C2)cc1. The average Bonchev–Trinajstić information content (AvgIpc) is 4.02. The molecule has 2 nitrogen and oxygen atoms in total. The Balaban J connectivity index is 0.000000222. The van der Waals surface area contributed by atoms with Crippen molar-refractivity contribution in [3.8, 4) is 0 Å². The van der Waals surface area contributed by atoms with Gasteiger partial charge in [0.05, 0.1) is 19.3 Å². The summed E-state index contributed by atoms with van der Waals surface area (Å²) >= 11 is 5.59. The second-order valence-electron chi connectivity index (χ2n) is 10.2. The largest absolute Gasteiger partial charge is 1.00 e. The van der Waals surface area contributed by atoms with Crippen LogP contribution < -0.4 is 51.4 Å². The van der Waals surface area contributed by atoms with E-state index in [1.165, 1.54) is 20.3 Å². The van der Waals surface area contributed by atoms with Crippen molar-refractivity contribution in [1.82, 2.24) is 0 Å². The van der Waals surface area contributed by atoms with Crippen molar-refractivity contribution in [2.45, 2.75) is 44.2 Å². The number of benzene rings is 5. The third-order valence-corrected chi connectivity index (χ3v) is 7.72. The van der Waals surface area contributed by atoms with Crippen molar-refractivity contribution in [2.24, 2.45) is 0 Å². The molecule has 3 atom stereocenters. The van der Waals surface area contributed by atoms with E-state index in [4.69, 9.17) is 9.47 Å². The Hall–Kier alpha value is -1.28. The Bertz CT molecular complexity index is 1400. The van der Waals surface area contributed by atoms with Crippen molar-refractivity contribution < 1.29 is 73.8 Å². The fourth-order valence-corrected chi connectivity index (χ4v) is 4.70. The Morgan fingerprint density at radius 3 is 1.38 bits per heavy atom. The molecule has 0 spiro atoms. The molecule has 2 saturated carbocycles. The molecule has 0 aliphatic heterocycles. The zero-order valence-corrected chi connectivity index (χ0v) is 33.2. The van der Waals surface area contributed by atoms with Crippen LogP contribution in [-0.2, 0) is 22.7 Å². The molecule has 7 rings (SSSR count). The zero-order chi connectivity index (χ0) is 32.8. The van der Waals surface area contributed by atoms with Crippen LogP contribution in [0.25, 0.3) is 0 Å². The fourth-order valence-electron chi connectivity index (χ4n) is 3.98. The molecule has 0 heterocycles. The summed E-state index contributed by atoms with van der Waals surface area (Å²) in [5.74, 6) is 0.611. The van der Waals surface area contributed by atoms with Gasteiger partial charge in [-0.2, -0.15) is 6.42 Å². The molecule has 47 heavy (non-hydrogen) atoms. The molecule has 0 amide bonds. The molecular weight excluding hydrogens is 802 g/mol. The van der Waals surface area contributed by atoms with Gasteiger partial charge in [0.2, 0.25) is 0 Å². The average molecular weight is 839 g/mol. The first-order valence-electron chi connectivity index (χ1n) is 14.9. The number of rotatable bonds is 7. The maximum atomic E-state index is 9.67. The first kappa shape index (κ1) is 41.9. The minimum atomic E-state index is -3.67. The molecule has 0 radical (unpaired) electrons. The Kier molecular flexibility index (Phi) is 22.9. The third-order valence-electron chi connectivity index (χ3n) is 6.47. The van der Waals surface area contributed by atoms with Gasteiger partial charge in [0.15, 0.2) is 0 Å². The van der Waals surface area contributed by atoms with E-state index in [1.54, 1.807) is 0 Å². The van der Waals surface area contributed by atoms with Gasteiger partial charge in [0, 0.05) is 14.0 Å². The standard InChI is InChI=1S/C16H16O.C10H11O.C6H5Br.C6H5I.BF3.K/c1-3-7-13(8-4-1)12-17-16-11-15(16)14-9-5-2-6-10-14;1-2-4-9(5-3-1)8-11-10-6-7-10;2*7-6-4-2-1-3-5-6;2-1(3)4;/h1-10,15-16H,11-12H2;1-6,10H,7-8H2;2*1-5H;;/q;-1;;;;+1/t15-,16-;10-;;;;/m10..../s1. The van der Waals surface area contributed by atoms with Crippen molar-refractivity contribution in [2.75, 3.05) is 0 Å². The van der Waals surface area contributed by atoms with Crippen LogP contribution in [0.1, 0.15) is 35.4 Å². The quantitative estimate of drug-likeness (QED) is 0.0930. The number of halogens is 5. The molecule has 5 aromatic carbocycles. The molecule has 0 bridgehead atoms. The molecule has 240 valence electrons. The van der Waals surface area contributed by atoms with E-state index in [0.717, 1.165) is 30.5 Å². The van der Waals surface area contributed by atoms with Crippen LogP contribution in [0.5, 0.6) is 0 Å². The van der Waals surface area contributed by atoms with Gasteiger partial charge in [-0.3, -0.25) is 12.9 Å². The monoisotopic (exact) mass is 838 g/mol. The zero-order valence-electron chi connectivity index (χ0n) is 26.4. The normalized spacial score (nSPS) is 16.3. The minimum absolute atomic E-state index is 0. The molecule has 0 N–H and O–H groups in total. The molecule has 0 unspecified atom stereocenters. The van der Waals surface area contributed by atoms with Gasteiger partial charge in [0.1, 0.15) is 0 Å². The number of ether oxygens (including phenoxy) is 2. The molecule has 9 heteroatoms. The number of hydrogen-bond donors (Lipinski definition) is 0. The molecule has 0 aromatic heterocycles. The second-order valence-corrected chi connectivity index (χ2v) is 12.4. The Morgan fingerprint density at radius 1 is 0.638 bits per heavy atom. The van der Waals surface area contributed by atoms with Crippen molar-refractivity contribution in [3.63, 3.8) is 0 Å². The van der Waals surface area contributed by atoms with Crippen LogP contribution >= 0.6 is 38.5 Å². The summed E-state index contributed by atoms with van der Waals surface area (Å²) in [5, 5.41) is 0. The van der Waals surface area contributed by atoms with Crippen LogP contribution in [0, 0.1) is 9.99 Å². The molecule has 2 fully saturated rings. The summed E-state index contributed by atoms with van der Waals surface area (Å²) in [6, 6.07) is 51.5. The van der Waals surface area contributed by atoms with Crippen molar-refractivity contribution >= 4 is 46.1 Å². The predicted octanol–water partition coefficient (Wildman–Crippen LogP) is 8.56. The molecule has 0 saturated heterocycles. The van der Waals surface area contributed by atoms with Gasteiger partial charge in [-0.15, -0.1) is 0 Å². The van der Waals surface area contributed by atoms with E-state index >= 15 is 0 Å². The summed E-state index contributed by atoms with van der Waals surface area (Å²) in [5.41, 5.74) is 3.92. The summed E-state index contributed by atoms with van der Waals surface area (Å²) in [4.78, 5) is 0. The van der Waals surface area contributed by atoms with Gasteiger partial charge in [0.25, 0.3) is 0 Å². The molecule has 5 aromatic rings. The van der Waals surface area contributed by atoms with E-state index < -0.39 is 7.54 Å². The van der Waals surface area contributed by atoms with Crippen LogP contribution in [0.3, 0.4) is 0 Å².